The highest BCUT2D eigenvalue weighted by atomic mass is 16.6. The number of rotatable bonds is 4. The number of nitrogens with zero attached hydrogens (tertiary/aromatic N) is 2. The molecule has 0 aliphatic heterocycles. The van der Waals surface area contributed by atoms with Gasteiger partial charge in [-0.05, 0) is 11.6 Å². The maximum Gasteiger partial charge on any atom is 0.0834 e. The van der Waals surface area contributed by atoms with E-state index in [0.717, 1.165) is 17.0 Å². The first kappa shape index (κ1) is 11.3. The summed E-state index contributed by atoms with van der Waals surface area (Å²) in [7, 11) is 1.58. The number of hydrogen-bond donors (Lipinski definition) is 1. The van der Waals surface area contributed by atoms with Gasteiger partial charge in [0.2, 0.25) is 0 Å². The summed E-state index contributed by atoms with van der Waals surface area (Å²) in [6.07, 6.45) is 6.87. The number of hydrogen-bond acceptors (Lipinski definition) is 4. The zero-order chi connectivity index (χ0) is 11.9. The van der Waals surface area contributed by atoms with E-state index in [4.69, 9.17) is 4.84 Å². The Morgan fingerprint density at radius 3 is 2.71 bits per heavy atom. The van der Waals surface area contributed by atoms with Crippen molar-refractivity contribution in [2.75, 3.05) is 7.11 Å². The van der Waals surface area contributed by atoms with Crippen LogP contribution >= 0.6 is 0 Å². The molecule has 1 heterocycles. The molecule has 0 fully saturated rings. The van der Waals surface area contributed by atoms with Crippen LogP contribution in [0.3, 0.4) is 0 Å². The van der Waals surface area contributed by atoms with E-state index < -0.39 is 0 Å². The van der Waals surface area contributed by atoms with Crippen molar-refractivity contribution in [3.8, 4) is 0 Å². The molecule has 1 aromatic heterocycles. The molecule has 86 valence electrons. The number of hydroxylamine groups is 1. The molecule has 0 unspecified atom stereocenters. The molecule has 1 N–H and O–H groups in total. The molecule has 0 saturated carbocycles. The normalized spacial score (nSPS) is 11.2. The smallest absolute Gasteiger partial charge is 0.0834 e. The fourth-order valence-corrected chi connectivity index (χ4v) is 1.43. The molecule has 2 rings (SSSR count). The van der Waals surface area contributed by atoms with Gasteiger partial charge >= 0.3 is 0 Å². The van der Waals surface area contributed by atoms with Crippen LogP contribution in [0.5, 0.6) is 0 Å². The van der Waals surface area contributed by atoms with Crippen molar-refractivity contribution in [2.45, 2.75) is 0 Å². The molecule has 0 amide bonds. The van der Waals surface area contributed by atoms with Gasteiger partial charge in [-0.1, -0.05) is 30.3 Å². The molecular formula is C13H13N3O. The lowest BCUT2D eigenvalue weighted by Gasteiger charge is -2.08. The Morgan fingerprint density at radius 1 is 1.24 bits per heavy atom. The molecule has 4 heteroatoms. The van der Waals surface area contributed by atoms with Crippen LogP contribution < -0.4 is 5.48 Å². The standard InChI is InChI=1S/C13H13N3O/c1-17-16-13(11-5-3-2-4-6-11)9-12-10-14-7-8-15-12/h2-10,16H,1H3. The first-order valence-electron chi connectivity index (χ1n) is 5.22. The largest absolute Gasteiger partial charge is 0.279 e. The minimum atomic E-state index is 0.774. The van der Waals surface area contributed by atoms with Crippen LogP contribution in [0.4, 0.5) is 0 Å². The van der Waals surface area contributed by atoms with E-state index in [1.54, 1.807) is 25.7 Å². The number of aromatic nitrogens is 2. The maximum absolute atomic E-state index is 4.96. The summed E-state index contributed by atoms with van der Waals surface area (Å²) in [6.45, 7) is 0. The summed E-state index contributed by atoms with van der Waals surface area (Å²) in [5.74, 6) is 0. The lowest BCUT2D eigenvalue weighted by Crippen LogP contribution is -2.09. The highest BCUT2D eigenvalue weighted by molar-refractivity contribution is 5.78. The second kappa shape index (κ2) is 5.77. The van der Waals surface area contributed by atoms with Crippen molar-refractivity contribution in [1.82, 2.24) is 15.4 Å². The Morgan fingerprint density at radius 2 is 2.06 bits per heavy atom. The second-order valence-corrected chi connectivity index (χ2v) is 3.36. The van der Waals surface area contributed by atoms with Crippen molar-refractivity contribution >= 4 is 11.8 Å². The summed E-state index contributed by atoms with van der Waals surface area (Å²) in [6, 6.07) is 9.90. The molecule has 0 atom stereocenters. The van der Waals surface area contributed by atoms with Gasteiger partial charge in [0.1, 0.15) is 0 Å². The summed E-state index contributed by atoms with van der Waals surface area (Å²) in [4.78, 5) is 13.2. The van der Waals surface area contributed by atoms with Gasteiger partial charge in [0.15, 0.2) is 0 Å². The van der Waals surface area contributed by atoms with Gasteiger partial charge in [-0.15, -0.1) is 0 Å². The van der Waals surface area contributed by atoms with E-state index >= 15 is 0 Å². The fourth-order valence-electron chi connectivity index (χ4n) is 1.43. The van der Waals surface area contributed by atoms with Gasteiger partial charge in [-0.2, -0.15) is 0 Å². The highest BCUT2D eigenvalue weighted by Gasteiger charge is 2.00. The van der Waals surface area contributed by atoms with Crippen LogP contribution in [-0.2, 0) is 4.84 Å². The lowest BCUT2D eigenvalue weighted by atomic mass is 10.1. The van der Waals surface area contributed by atoms with Gasteiger partial charge in [-0.3, -0.25) is 20.3 Å². The predicted octanol–water partition coefficient (Wildman–Crippen LogP) is 2.13. The molecule has 0 spiro atoms. The third-order valence-corrected chi connectivity index (χ3v) is 2.17. The third kappa shape index (κ3) is 3.12. The number of benzene rings is 1. The molecule has 0 aliphatic rings. The molecule has 0 aliphatic carbocycles. The van der Waals surface area contributed by atoms with Crippen LogP contribution in [-0.4, -0.2) is 17.1 Å². The van der Waals surface area contributed by atoms with Crippen LogP contribution in [0.1, 0.15) is 11.3 Å². The Bertz CT molecular complexity index is 483. The second-order valence-electron chi connectivity index (χ2n) is 3.36. The molecule has 0 saturated heterocycles. The van der Waals surface area contributed by atoms with Crippen molar-refractivity contribution in [3.05, 3.63) is 60.2 Å². The topological polar surface area (TPSA) is 47.0 Å². The molecule has 1 aromatic carbocycles. The Labute approximate surface area is 100.0 Å². The average Bonchev–Trinajstić information content (AvgIpc) is 2.40. The van der Waals surface area contributed by atoms with E-state index in [1.165, 1.54) is 0 Å². The SMILES string of the molecule is CONC(=Cc1cnccn1)c1ccccc1. The summed E-state index contributed by atoms with van der Waals surface area (Å²) in [5, 5.41) is 0. The van der Waals surface area contributed by atoms with Crippen LogP contribution in [0.2, 0.25) is 0 Å². The average molecular weight is 227 g/mol. The predicted molar refractivity (Wildman–Crippen MR) is 66.5 cm³/mol. The quantitative estimate of drug-likeness (QED) is 0.813. The van der Waals surface area contributed by atoms with Crippen molar-refractivity contribution in [3.63, 3.8) is 0 Å². The van der Waals surface area contributed by atoms with Gasteiger partial charge in [0, 0.05) is 12.4 Å². The van der Waals surface area contributed by atoms with E-state index in [1.807, 2.05) is 36.4 Å². The highest BCUT2D eigenvalue weighted by Crippen LogP contribution is 2.13. The third-order valence-electron chi connectivity index (χ3n) is 2.17. The van der Waals surface area contributed by atoms with Gasteiger partial charge in [-0.25, -0.2) is 0 Å². The molecule has 2 aromatic rings. The van der Waals surface area contributed by atoms with E-state index in [2.05, 4.69) is 15.4 Å². The summed E-state index contributed by atoms with van der Waals surface area (Å²) >= 11 is 0. The van der Waals surface area contributed by atoms with E-state index in [0.29, 0.717) is 0 Å². The molecular weight excluding hydrogens is 214 g/mol. The monoisotopic (exact) mass is 227 g/mol. The minimum absolute atomic E-state index is 0.774. The molecule has 0 bridgehead atoms. The number of nitrogens with one attached hydrogen (secondary N) is 1. The minimum Gasteiger partial charge on any atom is -0.279 e. The fraction of sp³-hybridized carbons (Fsp3) is 0.0769. The summed E-state index contributed by atoms with van der Waals surface area (Å²) < 4.78 is 0. The zero-order valence-electron chi connectivity index (χ0n) is 9.50. The zero-order valence-corrected chi connectivity index (χ0v) is 9.50. The Kier molecular flexibility index (Phi) is 3.83. The lowest BCUT2D eigenvalue weighted by molar-refractivity contribution is 0.137. The molecule has 4 nitrogen and oxygen atoms in total. The van der Waals surface area contributed by atoms with E-state index in [9.17, 15) is 0 Å². The van der Waals surface area contributed by atoms with Crippen LogP contribution in [0, 0.1) is 0 Å². The Hall–Kier alpha value is -2.20. The van der Waals surface area contributed by atoms with Gasteiger partial charge < -0.3 is 0 Å². The van der Waals surface area contributed by atoms with E-state index in [-0.39, 0.29) is 0 Å². The Balaban J connectivity index is 2.33. The first-order valence-corrected chi connectivity index (χ1v) is 5.22. The first-order chi connectivity index (χ1) is 8.40. The maximum atomic E-state index is 4.96. The van der Waals surface area contributed by atoms with Crippen molar-refractivity contribution in [2.24, 2.45) is 0 Å². The van der Waals surface area contributed by atoms with Crippen LogP contribution in [0.25, 0.3) is 11.8 Å². The van der Waals surface area contributed by atoms with Crippen LogP contribution in [0.15, 0.2) is 48.9 Å². The van der Waals surface area contributed by atoms with Crippen molar-refractivity contribution in [1.29, 1.82) is 0 Å². The van der Waals surface area contributed by atoms with Gasteiger partial charge in [0.25, 0.3) is 0 Å². The van der Waals surface area contributed by atoms with Gasteiger partial charge in [0.05, 0.1) is 24.7 Å². The summed E-state index contributed by atoms with van der Waals surface area (Å²) in [5.41, 5.74) is 5.48. The molecule has 0 radical (unpaired) electrons. The van der Waals surface area contributed by atoms with Crippen molar-refractivity contribution < 1.29 is 4.84 Å². The molecule has 17 heavy (non-hydrogen) atoms.